The molecule has 138 valence electrons. The Hall–Kier alpha value is -2.41. The van der Waals surface area contributed by atoms with Gasteiger partial charge in [0.25, 0.3) is 0 Å². The van der Waals surface area contributed by atoms with E-state index in [0.717, 1.165) is 37.6 Å². The van der Waals surface area contributed by atoms with Crippen LogP contribution < -0.4 is 10.6 Å². The molecule has 0 aliphatic carbocycles. The first-order valence-corrected chi connectivity index (χ1v) is 8.32. The summed E-state index contributed by atoms with van der Waals surface area (Å²) in [6.07, 6.45) is -2.81. The highest BCUT2D eigenvalue weighted by Crippen LogP contribution is 2.33. The van der Waals surface area contributed by atoms with E-state index in [4.69, 9.17) is 0 Å². The maximum atomic E-state index is 14.0. The highest BCUT2D eigenvalue weighted by molar-refractivity contribution is 5.82. The van der Waals surface area contributed by atoms with Gasteiger partial charge in [0.1, 0.15) is 5.82 Å². The molecule has 2 aromatic carbocycles. The predicted molar refractivity (Wildman–Crippen MR) is 89.7 cm³/mol. The Balaban J connectivity index is 1.78. The summed E-state index contributed by atoms with van der Waals surface area (Å²) in [5, 5.41) is 5.88. The van der Waals surface area contributed by atoms with Gasteiger partial charge in [-0.05, 0) is 54.8 Å². The van der Waals surface area contributed by atoms with Gasteiger partial charge in [0.05, 0.1) is 11.6 Å². The molecule has 1 aliphatic heterocycles. The van der Waals surface area contributed by atoms with E-state index < -0.39 is 17.6 Å². The molecule has 1 saturated heterocycles. The van der Waals surface area contributed by atoms with Gasteiger partial charge >= 0.3 is 6.18 Å². The normalized spacial score (nSPS) is 17.3. The second-order valence-electron chi connectivity index (χ2n) is 6.26. The lowest BCUT2D eigenvalue weighted by atomic mass is 10.00. The number of halogens is 4. The highest BCUT2D eigenvalue weighted by atomic mass is 19.4. The molecule has 3 nitrogen and oxygen atoms in total. The summed E-state index contributed by atoms with van der Waals surface area (Å²) in [4.78, 5) is 12.0. The maximum absolute atomic E-state index is 14.0. The number of amides is 1. The number of benzene rings is 2. The van der Waals surface area contributed by atoms with Crippen LogP contribution in [0.5, 0.6) is 0 Å². The standard InChI is InChI=1S/C19H18F4N2O/c20-16-7-6-14(19(21,22)23)10-15(16)13-4-1-3-12(9-13)11-25-18(26)17-5-2-8-24-17/h1,3-4,6-7,9-10,17,24H,2,5,8,11H2,(H,25,26). The van der Waals surface area contributed by atoms with Crippen molar-refractivity contribution in [3.05, 3.63) is 59.4 Å². The smallest absolute Gasteiger partial charge is 0.351 e. The van der Waals surface area contributed by atoms with Crippen LogP contribution in [0.4, 0.5) is 17.6 Å². The molecule has 0 radical (unpaired) electrons. The molecular weight excluding hydrogens is 348 g/mol. The second kappa shape index (κ2) is 7.45. The van der Waals surface area contributed by atoms with Crippen molar-refractivity contribution in [1.29, 1.82) is 0 Å². The third-order valence-electron chi connectivity index (χ3n) is 4.38. The predicted octanol–water partition coefficient (Wildman–Crippen LogP) is 3.88. The van der Waals surface area contributed by atoms with Crippen LogP contribution in [0.3, 0.4) is 0 Å². The minimum atomic E-state index is -4.54. The fourth-order valence-electron chi connectivity index (χ4n) is 2.99. The molecule has 1 atom stereocenters. The van der Waals surface area contributed by atoms with Gasteiger partial charge in [-0.3, -0.25) is 4.79 Å². The lowest BCUT2D eigenvalue weighted by molar-refractivity contribution is -0.137. The van der Waals surface area contributed by atoms with Crippen LogP contribution in [-0.2, 0) is 17.5 Å². The number of carbonyl (C=O) groups excluding carboxylic acids is 1. The Labute approximate surface area is 148 Å². The molecule has 7 heteroatoms. The third-order valence-corrected chi connectivity index (χ3v) is 4.38. The first kappa shape index (κ1) is 18.4. The maximum Gasteiger partial charge on any atom is 0.416 e. The summed E-state index contributed by atoms with van der Waals surface area (Å²) < 4.78 is 52.7. The molecule has 1 amide bonds. The molecule has 2 N–H and O–H groups in total. The summed E-state index contributed by atoms with van der Waals surface area (Å²) >= 11 is 0. The van der Waals surface area contributed by atoms with Gasteiger partial charge in [0.15, 0.2) is 0 Å². The van der Waals surface area contributed by atoms with E-state index in [9.17, 15) is 22.4 Å². The van der Waals surface area contributed by atoms with Crippen molar-refractivity contribution >= 4 is 5.91 Å². The van der Waals surface area contributed by atoms with Crippen molar-refractivity contribution in [3.63, 3.8) is 0 Å². The molecule has 26 heavy (non-hydrogen) atoms. The molecule has 1 unspecified atom stereocenters. The minimum absolute atomic E-state index is 0.113. The molecule has 0 bridgehead atoms. The average Bonchev–Trinajstić information content (AvgIpc) is 3.14. The first-order valence-electron chi connectivity index (χ1n) is 8.32. The van der Waals surface area contributed by atoms with Gasteiger partial charge in [0, 0.05) is 12.1 Å². The van der Waals surface area contributed by atoms with Crippen molar-refractivity contribution in [2.45, 2.75) is 31.6 Å². The lowest BCUT2D eigenvalue weighted by Crippen LogP contribution is -2.39. The van der Waals surface area contributed by atoms with E-state index in [-0.39, 0.29) is 24.1 Å². The van der Waals surface area contributed by atoms with Crippen LogP contribution in [0.25, 0.3) is 11.1 Å². The van der Waals surface area contributed by atoms with Crippen molar-refractivity contribution in [2.24, 2.45) is 0 Å². The van der Waals surface area contributed by atoms with Crippen LogP contribution in [0.1, 0.15) is 24.0 Å². The third kappa shape index (κ3) is 4.22. The van der Waals surface area contributed by atoms with Crippen LogP contribution in [0, 0.1) is 5.82 Å². The lowest BCUT2D eigenvalue weighted by Gasteiger charge is -2.13. The van der Waals surface area contributed by atoms with E-state index in [2.05, 4.69) is 10.6 Å². The Morgan fingerprint density at radius 3 is 2.69 bits per heavy atom. The van der Waals surface area contributed by atoms with Crippen molar-refractivity contribution in [2.75, 3.05) is 6.54 Å². The molecular formula is C19H18F4N2O. The minimum Gasteiger partial charge on any atom is -0.351 e. The summed E-state index contributed by atoms with van der Waals surface area (Å²) in [5.74, 6) is -0.840. The molecule has 1 heterocycles. The van der Waals surface area contributed by atoms with Crippen molar-refractivity contribution in [3.8, 4) is 11.1 Å². The zero-order chi connectivity index (χ0) is 18.7. The summed E-state index contributed by atoms with van der Waals surface area (Å²) in [6, 6.07) is 8.62. The summed E-state index contributed by atoms with van der Waals surface area (Å²) in [7, 11) is 0. The van der Waals surface area contributed by atoms with E-state index in [1.165, 1.54) is 0 Å². The van der Waals surface area contributed by atoms with Gasteiger partial charge in [-0.15, -0.1) is 0 Å². The Bertz CT molecular complexity index is 798. The molecule has 2 aromatic rings. The zero-order valence-electron chi connectivity index (χ0n) is 13.9. The molecule has 0 saturated carbocycles. The second-order valence-corrected chi connectivity index (χ2v) is 6.26. The van der Waals surface area contributed by atoms with E-state index in [1.807, 2.05) is 0 Å². The number of rotatable bonds is 4. The van der Waals surface area contributed by atoms with Crippen molar-refractivity contribution in [1.82, 2.24) is 10.6 Å². The van der Waals surface area contributed by atoms with Crippen LogP contribution >= 0.6 is 0 Å². The SMILES string of the molecule is O=C(NCc1cccc(-c2cc(C(F)(F)F)ccc2F)c1)C1CCCN1. The summed E-state index contributed by atoms with van der Waals surface area (Å²) in [5.41, 5.74) is -0.00428. The first-order chi connectivity index (χ1) is 12.3. The Morgan fingerprint density at radius 2 is 2.00 bits per heavy atom. The average molecular weight is 366 g/mol. The van der Waals surface area contributed by atoms with Gasteiger partial charge in [-0.25, -0.2) is 4.39 Å². The fourth-order valence-corrected chi connectivity index (χ4v) is 2.99. The number of nitrogens with one attached hydrogen (secondary N) is 2. The van der Waals surface area contributed by atoms with Crippen molar-refractivity contribution < 1.29 is 22.4 Å². The highest BCUT2D eigenvalue weighted by Gasteiger charge is 2.31. The van der Waals surface area contributed by atoms with Crippen LogP contribution in [-0.4, -0.2) is 18.5 Å². The molecule has 1 aliphatic rings. The molecule has 0 spiro atoms. The van der Waals surface area contributed by atoms with E-state index in [0.29, 0.717) is 11.1 Å². The quantitative estimate of drug-likeness (QED) is 0.807. The van der Waals surface area contributed by atoms with Gasteiger partial charge in [0.2, 0.25) is 5.91 Å². The molecule has 3 rings (SSSR count). The number of hydrogen-bond acceptors (Lipinski definition) is 2. The Morgan fingerprint density at radius 1 is 1.19 bits per heavy atom. The number of hydrogen-bond donors (Lipinski definition) is 2. The molecule has 0 aromatic heterocycles. The zero-order valence-corrected chi connectivity index (χ0v) is 13.9. The largest absolute Gasteiger partial charge is 0.416 e. The number of alkyl halides is 3. The van der Waals surface area contributed by atoms with E-state index >= 15 is 0 Å². The van der Waals surface area contributed by atoms with Gasteiger partial charge in [-0.1, -0.05) is 18.2 Å². The topological polar surface area (TPSA) is 41.1 Å². The van der Waals surface area contributed by atoms with Gasteiger partial charge in [-0.2, -0.15) is 13.2 Å². The van der Waals surface area contributed by atoms with Gasteiger partial charge < -0.3 is 10.6 Å². The van der Waals surface area contributed by atoms with E-state index in [1.54, 1.807) is 24.3 Å². The summed E-state index contributed by atoms with van der Waals surface area (Å²) in [6.45, 7) is 1.04. The molecule has 1 fully saturated rings. The number of carbonyl (C=O) groups is 1. The van der Waals surface area contributed by atoms with Crippen LogP contribution in [0.2, 0.25) is 0 Å². The van der Waals surface area contributed by atoms with Crippen LogP contribution in [0.15, 0.2) is 42.5 Å². The fraction of sp³-hybridized carbons (Fsp3) is 0.316. The monoisotopic (exact) mass is 366 g/mol. The Kier molecular flexibility index (Phi) is 5.27.